The highest BCUT2D eigenvalue weighted by Crippen LogP contribution is 2.32. The second-order valence-electron chi connectivity index (χ2n) is 6.86. The van der Waals surface area contributed by atoms with Crippen molar-refractivity contribution in [1.29, 1.82) is 0 Å². The number of unbranched alkanes of at least 4 members (excludes halogenated alkanes) is 2. The standard InChI is InChI=1S/C24H21F2NO2/c1-2-3-6-15-28-21-14-13-18(22(25)23(21)26)16-9-11-17(12-10-16)24-27-19-7-4-5-8-20(19)29-24/h4-5,7-14H,2-3,6,15H2,1H3. The highest BCUT2D eigenvalue weighted by molar-refractivity contribution is 5.76. The number of fused-ring (bicyclic) bond motifs is 1. The largest absolute Gasteiger partial charge is 0.490 e. The summed E-state index contributed by atoms with van der Waals surface area (Å²) < 4.78 is 40.1. The lowest BCUT2D eigenvalue weighted by atomic mass is 10.0. The van der Waals surface area contributed by atoms with Crippen LogP contribution in [0.25, 0.3) is 33.7 Å². The van der Waals surface area contributed by atoms with Gasteiger partial charge in [0.2, 0.25) is 11.7 Å². The van der Waals surface area contributed by atoms with Crippen LogP contribution in [0.15, 0.2) is 65.1 Å². The summed E-state index contributed by atoms with van der Waals surface area (Å²) in [6.07, 6.45) is 2.85. The molecule has 1 aromatic heterocycles. The Morgan fingerprint density at radius 3 is 2.38 bits per heavy atom. The number of nitrogens with zero attached hydrogens (tertiary/aromatic N) is 1. The van der Waals surface area contributed by atoms with Crippen LogP contribution in [0.5, 0.6) is 5.75 Å². The zero-order chi connectivity index (χ0) is 20.2. The Balaban J connectivity index is 1.56. The Morgan fingerprint density at radius 2 is 1.62 bits per heavy atom. The van der Waals surface area contributed by atoms with E-state index >= 15 is 0 Å². The van der Waals surface area contributed by atoms with E-state index in [1.165, 1.54) is 6.07 Å². The average Bonchev–Trinajstić information content (AvgIpc) is 3.19. The number of hydrogen-bond acceptors (Lipinski definition) is 3. The summed E-state index contributed by atoms with van der Waals surface area (Å²) in [4.78, 5) is 4.45. The van der Waals surface area contributed by atoms with Crippen LogP contribution in [0.4, 0.5) is 8.78 Å². The highest BCUT2D eigenvalue weighted by Gasteiger charge is 2.16. The third kappa shape index (κ3) is 3.99. The first-order valence-corrected chi connectivity index (χ1v) is 9.74. The summed E-state index contributed by atoms with van der Waals surface area (Å²) in [7, 11) is 0. The first kappa shape index (κ1) is 19.1. The summed E-state index contributed by atoms with van der Waals surface area (Å²) >= 11 is 0. The van der Waals surface area contributed by atoms with Crippen molar-refractivity contribution in [3.63, 3.8) is 0 Å². The van der Waals surface area contributed by atoms with E-state index in [4.69, 9.17) is 9.15 Å². The topological polar surface area (TPSA) is 35.3 Å². The van der Waals surface area contributed by atoms with Crippen LogP contribution in [0.1, 0.15) is 26.2 Å². The first-order valence-electron chi connectivity index (χ1n) is 9.74. The number of ether oxygens (including phenoxy) is 1. The molecule has 1 heterocycles. The molecule has 0 saturated heterocycles. The van der Waals surface area contributed by atoms with Gasteiger partial charge in [0.1, 0.15) is 5.52 Å². The third-order valence-corrected chi connectivity index (χ3v) is 4.79. The van der Waals surface area contributed by atoms with Gasteiger partial charge in [-0.25, -0.2) is 9.37 Å². The molecule has 4 aromatic rings. The molecule has 0 aliphatic rings. The van der Waals surface area contributed by atoms with Crippen molar-refractivity contribution >= 4 is 11.1 Å². The van der Waals surface area contributed by atoms with Crippen LogP contribution in [0.2, 0.25) is 0 Å². The normalized spacial score (nSPS) is 11.1. The van der Waals surface area contributed by atoms with Gasteiger partial charge in [0.15, 0.2) is 17.1 Å². The summed E-state index contributed by atoms with van der Waals surface area (Å²) in [5, 5.41) is 0. The van der Waals surface area contributed by atoms with E-state index in [1.807, 2.05) is 24.3 Å². The molecule has 5 heteroatoms. The smallest absolute Gasteiger partial charge is 0.227 e. The summed E-state index contributed by atoms with van der Waals surface area (Å²) in [6.45, 7) is 2.45. The number of para-hydroxylation sites is 2. The fourth-order valence-corrected chi connectivity index (χ4v) is 3.19. The lowest BCUT2D eigenvalue weighted by Gasteiger charge is -2.10. The van der Waals surface area contributed by atoms with Crippen LogP contribution < -0.4 is 4.74 Å². The van der Waals surface area contributed by atoms with Crippen LogP contribution in [0.3, 0.4) is 0 Å². The van der Waals surface area contributed by atoms with Gasteiger partial charge in [0.25, 0.3) is 0 Å². The van der Waals surface area contributed by atoms with Gasteiger partial charge in [-0.15, -0.1) is 0 Å². The molecule has 0 N–H and O–H groups in total. The van der Waals surface area contributed by atoms with Gasteiger partial charge in [-0.3, -0.25) is 0 Å². The predicted molar refractivity (Wildman–Crippen MR) is 110 cm³/mol. The molecular weight excluding hydrogens is 372 g/mol. The maximum absolute atomic E-state index is 14.6. The molecule has 4 rings (SSSR count). The number of rotatable bonds is 7. The van der Waals surface area contributed by atoms with Crippen molar-refractivity contribution in [2.75, 3.05) is 6.61 Å². The quantitative estimate of drug-likeness (QED) is 0.317. The van der Waals surface area contributed by atoms with Crippen molar-refractivity contribution in [3.8, 4) is 28.3 Å². The SMILES string of the molecule is CCCCCOc1ccc(-c2ccc(-c3nc4ccccc4o3)cc2)c(F)c1F. The van der Waals surface area contributed by atoms with Gasteiger partial charge >= 0.3 is 0 Å². The molecule has 0 amide bonds. The van der Waals surface area contributed by atoms with Crippen molar-refractivity contribution in [3.05, 3.63) is 72.3 Å². The summed E-state index contributed by atoms with van der Waals surface area (Å²) in [5.74, 6) is -1.43. The van der Waals surface area contributed by atoms with Gasteiger partial charge in [-0.05, 0) is 48.4 Å². The number of halogens is 2. The second kappa shape index (κ2) is 8.43. The Labute approximate surface area is 168 Å². The Morgan fingerprint density at radius 1 is 0.862 bits per heavy atom. The average molecular weight is 393 g/mol. The first-order chi connectivity index (χ1) is 14.2. The van der Waals surface area contributed by atoms with Gasteiger partial charge in [0, 0.05) is 11.1 Å². The maximum atomic E-state index is 14.6. The second-order valence-corrected chi connectivity index (χ2v) is 6.86. The van der Waals surface area contributed by atoms with Crippen molar-refractivity contribution in [1.82, 2.24) is 4.98 Å². The van der Waals surface area contributed by atoms with E-state index in [-0.39, 0.29) is 11.3 Å². The number of oxazole rings is 1. The molecule has 0 saturated carbocycles. The van der Waals surface area contributed by atoms with Crippen molar-refractivity contribution < 1.29 is 17.9 Å². The van der Waals surface area contributed by atoms with E-state index in [1.54, 1.807) is 30.3 Å². The van der Waals surface area contributed by atoms with Crippen LogP contribution in [-0.2, 0) is 0 Å². The molecule has 3 nitrogen and oxygen atoms in total. The highest BCUT2D eigenvalue weighted by atomic mass is 19.2. The molecule has 0 aliphatic carbocycles. The maximum Gasteiger partial charge on any atom is 0.227 e. The number of aromatic nitrogens is 1. The van der Waals surface area contributed by atoms with Gasteiger partial charge in [0.05, 0.1) is 6.61 Å². The zero-order valence-corrected chi connectivity index (χ0v) is 16.1. The Kier molecular flexibility index (Phi) is 5.56. The van der Waals surface area contributed by atoms with E-state index in [9.17, 15) is 8.78 Å². The number of hydrogen-bond donors (Lipinski definition) is 0. The molecular formula is C24H21F2NO2. The van der Waals surface area contributed by atoms with Crippen LogP contribution in [-0.4, -0.2) is 11.6 Å². The van der Waals surface area contributed by atoms with Crippen LogP contribution >= 0.6 is 0 Å². The fourth-order valence-electron chi connectivity index (χ4n) is 3.19. The molecule has 0 spiro atoms. The van der Waals surface area contributed by atoms with Gasteiger partial charge in [-0.1, -0.05) is 44.0 Å². The molecule has 0 radical (unpaired) electrons. The van der Waals surface area contributed by atoms with E-state index < -0.39 is 11.6 Å². The lowest BCUT2D eigenvalue weighted by molar-refractivity contribution is 0.286. The minimum atomic E-state index is -0.956. The van der Waals surface area contributed by atoms with Crippen molar-refractivity contribution in [2.45, 2.75) is 26.2 Å². The molecule has 0 aliphatic heterocycles. The molecule has 0 fully saturated rings. The van der Waals surface area contributed by atoms with Crippen LogP contribution in [0, 0.1) is 11.6 Å². The van der Waals surface area contributed by atoms with E-state index in [0.717, 1.165) is 30.3 Å². The van der Waals surface area contributed by atoms with Gasteiger partial charge in [-0.2, -0.15) is 4.39 Å². The molecule has 0 atom stereocenters. The lowest BCUT2D eigenvalue weighted by Crippen LogP contribution is -2.01. The minimum Gasteiger partial charge on any atom is -0.490 e. The monoisotopic (exact) mass is 393 g/mol. The van der Waals surface area contributed by atoms with E-state index in [0.29, 0.717) is 23.6 Å². The molecule has 3 aromatic carbocycles. The summed E-state index contributed by atoms with van der Waals surface area (Å²) in [6, 6.07) is 17.6. The summed E-state index contributed by atoms with van der Waals surface area (Å²) in [5.41, 5.74) is 3.00. The Hall–Kier alpha value is -3.21. The third-order valence-electron chi connectivity index (χ3n) is 4.79. The molecule has 0 bridgehead atoms. The van der Waals surface area contributed by atoms with E-state index in [2.05, 4.69) is 11.9 Å². The molecule has 29 heavy (non-hydrogen) atoms. The van der Waals surface area contributed by atoms with Gasteiger partial charge < -0.3 is 9.15 Å². The predicted octanol–water partition coefficient (Wildman–Crippen LogP) is 7.01. The number of benzene rings is 3. The Bertz CT molecular complexity index is 1090. The van der Waals surface area contributed by atoms with Crippen molar-refractivity contribution in [2.24, 2.45) is 0 Å². The molecule has 0 unspecified atom stereocenters. The molecule has 148 valence electrons. The fraction of sp³-hybridized carbons (Fsp3) is 0.208. The zero-order valence-electron chi connectivity index (χ0n) is 16.1. The minimum absolute atomic E-state index is 0.0505.